The summed E-state index contributed by atoms with van der Waals surface area (Å²) in [6, 6.07) is 5.36. The van der Waals surface area contributed by atoms with Crippen LogP contribution in [0.1, 0.15) is 64.8 Å². The van der Waals surface area contributed by atoms with E-state index >= 15 is 0 Å². The third-order valence-corrected chi connectivity index (χ3v) is 8.31. The SMILES string of the molecule is Cc1ccc(C(C)C)cc1OP(=O)(N[C@@H](C)C(=O)OC(C)C)OC[C@H]1O[C@@H](n2ccc(=O)[nH]c2=O)[C@](C)(N=[N+]=[N-])[C@@H]1O. The van der Waals surface area contributed by atoms with Gasteiger partial charge < -0.3 is 19.1 Å². The van der Waals surface area contributed by atoms with Crippen LogP contribution in [-0.4, -0.2) is 57.1 Å². The first-order valence-corrected chi connectivity index (χ1v) is 14.9. The van der Waals surface area contributed by atoms with Crippen molar-refractivity contribution in [1.82, 2.24) is 14.6 Å². The molecule has 0 aliphatic carbocycles. The fourth-order valence-corrected chi connectivity index (χ4v) is 5.84. The summed E-state index contributed by atoms with van der Waals surface area (Å²) >= 11 is 0. The Kier molecular flexibility index (Phi) is 10.4. The molecule has 6 atom stereocenters. The first kappa shape index (κ1) is 33.1. The summed E-state index contributed by atoms with van der Waals surface area (Å²) in [5.74, 6) is -0.323. The van der Waals surface area contributed by atoms with Gasteiger partial charge in [-0.05, 0) is 63.3 Å². The molecule has 2 aromatic rings. The number of aliphatic hydroxyl groups excluding tert-OH is 1. The molecule has 1 unspecified atom stereocenters. The van der Waals surface area contributed by atoms with Gasteiger partial charge in [-0.15, -0.1) is 0 Å². The fourth-order valence-electron chi connectivity index (χ4n) is 4.28. The van der Waals surface area contributed by atoms with Crippen molar-refractivity contribution >= 4 is 13.7 Å². The fraction of sp³-hybridized carbons (Fsp3) is 0.577. The van der Waals surface area contributed by atoms with Crippen LogP contribution in [0.15, 0.2) is 45.2 Å². The molecular weight excluding hydrogens is 571 g/mol. The number of esters is 1. The maximum absolute atomic E-state index is 14.1. The smallest absolute Gasteiger partial charge is 0.459 e. The second-order valence-corrected chi connectivity index (χ2v) is 12.5. The van der Waals surface area contributed by atoms with Crippen LogP contribution < -0.4 is 20.9 Å². The number of aromatic amines is 1. The van der Waals surface area contributed by atoms with Gasteiger partial charge in [0.15, 0.2) is 6.23 Å². The van der Waals surface area contributed by atoms with Crippen LogP contribution in [0.25, 0.3) is 10.4 Å². The molecule has 0 amide bonds. The Balaban J connectivity index is 1.94. The molecule has 16 heteroatoms. The highest BCUT2D eigenvalue weighted by Crippen LogP contribution is 2.48. The van der Waals surface area contributed by atoms with Gasteiger partial charge in [-0.1, -0.05) is 31.1 Å². The Morgan fingerprint density at radius 2 is 1.98 bits per heavy atom. The van der Waals surface area contributed by atoms with Gasteiger partial charge in [0.25, 0.3) is 5.56 Å². The maximum Gasteiger partial charge on any atom is 0.459 e. The van der Waals surface area contributed by atoms with Gasteiger partial charge >= 0.3 is 19.4 Å². The molecule has 42 heavy (non-hydrogen) atoms. The number of aliphatic hydroxyl groups is 1. The predicted octanol–water partition coefficient (Wildman–Crippen LogP) is 3.43. The largest absolute Gasteiger partial charge is 0.462 e. The van der Waals surface area contributed by atoms with Crippen molar-refractivity contribution in [1.29, 1.82) is 0 Å². The average Bonchev–Trinajstić information content (AvgIpc) is 3.13. The molecule has 1 aromatic heterocycles. The third-order valence-electron chi connectivity index (χ3n) is 6.68. The summed E-state index contributed by atoms with van der Waals surface area (Å²) in [5.41, 5.74) is 7.48. The molecule has 3 N–H and O–H groups in total. The van der Waals surface area contributed by atoms with Crippen molar-refractivity contribution in [3.05, 3.63) is 72.9 Å². The van der Waals surface area contributed by atoms with E-state index in [9.17, 15) is 29.6 Å². The minimum Gasteiger partial charge on any atom is -0.462 e. The molecule has 1 aliphatic rings. The van der Waals surface area contributed by atoms with Gasteiger partial charge in [0.2, 0.25) is 0 Å². The van der Waals surface area contributed by atoms with Crippen LogP contribution in [0.2, 0.25) is 0 Å². The lowest BCUT2D eigenvalue weighted by Gasteiger charge is -2.28. The third kappa shape index (κ3) is 7.49. The molecule has 1 aromatic carbocycles. The minimum absolute atomic E-state index is 0.134. The van der Waals surface area contributed by atoms with Gasteiger partial charge in [-0.3, -0.25) is 23.7 Å². The van der Waals surface area contributed by atoms with E-state index < -0.39 is 67.7 Å². The molecule has 1 aliphatic heterocycles. The lowest BCUT2D eigenvalue weighted by atomic mass is 9.93. The standard InChI is InChI=1S/C26H37N6O9P/c1-14(2)18-9-8-16(5)19(12-18)41-42(37,29-17(6)23(35)39-15(3)4)38-13-20-22(34)26(7,30-31-27)24(40-20)32-11-10-21(33)28-25(32)36/h8-12,14-15,17,20,22,24,34H,13H2,1-7H3,(H,29,37)(H,28,33,36)/t17-,20+,22+,24+,26+,42?/m0/s1. The molecule has 0 bridgehead atoms. The van der Waals surface area contributed by atoms with Crippen LogP contribution >= 0.6 is 7.75 Å². The quantitative estimate of drug-likeness (QED) is 0.105. The highest BCUT2D eigenvalue weighted by Gasteiger charge is 2.55. The van der Waals surface area contributed by atoms with E-state index in [1.54, 1.807) is 32.9 Å². The molecule has 0 radical (unpaired) electrons. The number of azide groups is 1. The highest BCUT2D eigenvalue weighted by atomic mass is 31.2. The number of carbonyl (C=O) groups excluding carboxylic acids is 1. The number of nitrogens with one attached hydrogen (secondary N) is 2. The number of hydrogen-bond donors (Lipinski definition) is 3. The molecule has 3 rings (SSSR count). The number of hydrogen-bond acceptors (Lipinski definition) is 10. The highest BCUT2D eigenvalue weighted by molar-refractivity contribution is 7.52. The van der Waals surface area contributed by atoms with Crippen LogP contribution in [0.3, 0.4) is 0 Å². The normalized spacial score (nSPS) is 24.2. The van der Waals surface area contributed by atoms with E-state index in [2.05, 4.69) is 20.1 Å². The topological polar surface area (TPSA) is 207 Å². The van der Waals surface area contributed by atoms with E-state index in [0.29, 0.717) is 5.56 Å². The summed E-state index contributed by atoms with van der Waals surface area (Å²) in [7, 11) is -4.38. The average molecular weight is 609 g/mol. The minimum atomic E-state index is -4.38. The number of rotatable bonds is 12. The molecule has 1 fully saturated rings. The second kappa shape index (κ2) is 13.2. The number of aryl methyl sites for hydroxylation is 1. The zero-order chi connectivity index (χ0) is 31.4. The zero-order valence-electron chi connectivity index (χ0n) is 24.5. The Morgan fingerprint density at radius 1 is 1.29 bits per heavy atom. The van der Waals surface area contributed by atoms with Crippen molar-refractivity contribution in [2.45, 2.75) is 90.5 Å². The molecule has 0 saturated carbocycles. The van der Waals surface area contributed by atoms with Gasteiger partial charge in [0.1, 0.15) is 23.4 Å². The van der Waals surface area contributed by atoms with Crippen molar-refractivity contribution in [2.24, 2.45) is 5.11 Å². The first-order chi connectivity index (χ1) is 19.6. The molecule has 0 spiro atoms. The summed E-state index contributed by atoms with van der Waals surface area (Å²) in [6.07, 6.45) is -3.50. The van der Waals surface area contributed by atoms with Crippen LogP contribution in [0.4, 0.5) is 0 Å². The van der Waals surface area contributed by atoms with E-state index in [4.69, 9.17) is 18.5 Å². The number of H-pyrrole nitrogens is 1. The second-order valence-electron chi connectivity index (χ2n) is 10.8. The number of nitrogens with zero attached hydrogens (tertiary/aromatic N) is 4. The van der Waals surface area contributed by atoms with Gasteiger partial charge in [-0.25, -0.2) is 9.36 Å². The Morgan fingerprint density at radius 3 is 2.57 bits per heavy atom. The number of benzene rings is 1. The molecule has 230 valence electrons. The molecule has 2 heterocycles. The Bertz CT molecular complexity index is 1500. The van der Waals surface area contributed by atoms with Crippen molar-refractivity contribution < 1.29 is 33.0 Å². The predicted molar refractivity (Wildman–Crippen MR) is 152 cm³/mol. The number of aromatic nitrogens is 2. The van der Waals surface area contributed by atoms with Crippen molar-refractivity contribution in [3.8, 4) is 5.75 Å². The number of carbonyl (C=O) groups is 1. The summed E-state index contributed by atoms with van der Waals surface area (Å²) in [6.45, 7) is 11.3. The van der Waals surface area contributed by atoms with Gasteiger partial charge in [0, 0.05) is 17.2 Å². The van der Waals surface area contributed by atoms with E-state index in [1.807, 2.05) is 19.9 Å². The van der Waals surface area contributed by atoms with Crippen LogP contribution in [0, 0.1) is 6.92 Å². The zero-order valence-corrected chi connectivity index (χ0v) is 25.4. The van der Waals surface area contributed by atoms with Gasteiger partial charge in [0.05, 0.1) is 18.8 Å². The van der Waals surface area contributed by atoms with E-state index in [1.165, 1.54) is 13.8 Å². The summed E-state index contributed by atoms with van der Waals surface area (Å²) < 4.78 is 37.8. The van der Waals surface area contributed by atoms with Crippen LogP contribution in [0.5, 0.6) is 5.75 Å². The first-order valence-electron chi connectivity index (χ1n) is 13.3. The van der Waals surface area contributed by atoms with E-state index in [0.717, 1.165) is 22.4 Å². The molecule has 15 nitrogen and oxygen atoms in total. The Hall–Kier alpha value is -3.45. The monoisotopic (exact) mass is 608 g/mol. The lowest BCUT2D eigenvalue weighted by Crippen LogP contribution is -2.45. The molecular formula is C26H37N6O9P. The Labute approximate surface area is 242 Å². The summed E-state index contributed by atoms with van der Waals surface area (Å²) in [5, 5.41) is 17.4. The van der Waals surface area contributed by atoms with Gasteiger partial charge in [-0.2, -0.15) is 5.09 Å². The van der Waals surface area contributed by atoms with Crippen LogP contribution in [-0.2, 0) is 23.4 Å². The van der Waals surface area contributed by atoms with Crippen molar-refractivity contribution in [2.75, 3.05) is 6.61 Å². The summed E-state index contributed by atoms with van der Waals surface area (Å²) in [4.78, 5) is 41.5. The molecule has 1 saturated heterocycles. The number of ether oxygens (including phenoxy) is 2. The van der Waals surface area contributed by atoms with E-state index in [-0.39, 0.29) is 11.7 Å². The lowest BCUT2D eigenvalue weighted by molar-refractivity contribution is -0.149. The maximum atomic E-state index is 14.1. The van der Waals surface area contributed by atoms with Crippen molar-refractivity contribution in [3.63, 3.8) is 0 Å².